The van der Waals surface area contributed by atoms with E-state index in [1.807, 2.05) is 0 Å². The number of benzene rings is 1. The third-order valence-electron chi connectivity index (χ3n) is 6.36. The number of anilines is 1. The number of thiophene rings is 1. The monoisotopic (exact) mass is 409 g/mol. The smallest absolute Gasteiger partial charge is 0.187 e. The molecule has 1 aromatic carbocycles. The summed E-state index contributed by atoms with van der Waals surface area (Å²) in [6, 6.07) is 9.17. The van der Waals surface area contributed by atoms with E-state index in [0.29, 0.717) is 6.04 Å². The molecule has 2 aromatic heterocycles. The van der Waals surface area contributed by atoms with E-state index in [2.05, 4.69) is 43.4 Å². The molecule has 1 aliphatic carbocycles. The highest BCUT2D eigenvalue weighted by molar-refractivity contribution is 7.18. The lowest BCUT2D eigenvalue weighted by atomic mass is 9.87. The van der Waals surface area contributed by atoms with Gasteiger partial charge in [0.2, 0.25) is 0 Å². The Morgan fingerprint density at radius 3 is 2.86 bits per heavy atom. The first kappa shape index (κ1) is 19.0. The van der Waals surface area contributed by atoms with Gasteiger partial charge in [0.25, 0.3) is 0 Å². The molecule has 1 saturated heterocycles. The van der Waals surface area contributed by atoms with Crippen molar-refractivity contribution in [3.05, 3.63) is 51.7 Å². The Morgan fingerprint density at radius 1 is 1.17 bits per heavy atom. The molecule has 0 spiro atoms. The Labute approximate surface area is 176 Å². The van der Waals surface area contributed by atoms with Gasteiger partial charge in [-0.1, -0.05) is 24.3 Å². The predicted octanol–water partition coefficient (Wildman–Crippen LogP) is 3.21. The number of ether oxygens (including phenoxy) is 1. The first-order chi connectivity index (χ1) is 14.2. The van der Waals surface area contributed by atoms with Gasteiger partial charge < -0.3 is 15.0 Å². The van der Waals surface area contributed by atoms with Crippen molar-refractivity contribution in [2.75, 3.05) is 31.6 Å². The van der Waals surface area contributed by atoms with Gasteiger partial charge >= 0.3 is 0 Å². The van der Waals surface area contributed by atoms with Crippen molar-refractivity contribution in [3.63, 3.8) is 0 Å². The van der Waals surface area contributed by atoms with E-state index < -0.39 is 0 Å². The predicted molar refractivity (Wildman–Crippen MR) is 118 cm³/mol. The number of hydrogen-bond donors (Lipinski definition) is 2. The van der Waals surface area contributed by atoms with E-state index >= 15 is 0 Å². The van der Waals surface area contributed by atoms with Gasteiger partial charge in [-0.05, 0) is 49.8 Å². The Kier molecular flexibility index (Phi) is 5.24. The zero-order valence-corrected chi connectivity index (χ0v) is 18.1. The number of morpholine rings is 1. The van der Waals surface area contributed by atoms with Crippen LogP contribution in [0, 0.1) is 13.8 Å². The van der Waals surface area contributed by atoms with Gasteiger partial charge in [0.1, 0.15) is 30.3 Å². The lowest BCUT2D eigenvalue weighted by molar-refractivity contribution is -0.922. The van der Waals surface area contributed by atoms with Crippen molar-refractivity contribution in [2.24, 2.45) is 0 Å². The third-order valence-corrected chi connectivity index (χ3v) is 7.46. The van der Waals surface area contributed by atoms with Crippen LogP contribution in [0.25, 0.3) is 10.2 Å². The first-order valence-corrected chi connectivity index (χ1v) is 11.5. The van der Waals surface area contributed by atoms with Crippen LogP contribution >= 0.6 is 11.3 Å². The largest absolute Gasteiger partial charge is 0.370 e. The summed E-state index contributed by atoms with van der Waals surface area (Å²) < 4.78 is 5.51. The quantitative estimate of drug-likeness (QED) is 0.695. The van der Waals surface area contributed by atoms with Crippen molar-refractivity contribution in [1.82, 2.24) is 9.97 Å². The van der Waals surface area contributed by atoms with Crippen LogP contribution in [0.3, 0.4) is 0 Å². The van der Waals surface area contributed by atoms with Crippen LogP contribution in [0.15, 0.2) is 24.3 Å². The van der Waals surface area contributed by atoms with Gasteiger partial charge in [0.15, 0.2) is 5.82 Å². The van der Waals surface area contributed by atoms with E-state index in [1.54, 1.807) is 11.3 Å². The second-order valence-electron chi connectivity index (χ2n) is 8.28. The van der Waals surface area contributed by atoms with E-state index in [1.165, 1.54) is 44.7 Å². The zero-order valence-electron chi connectivity index (χ0n) is 17.3. The number of aromatic nitrogens is 2. The molecule has 6 heteroatoms. The molecule has 0 radical (unpaired) electrons. The normalized spacial score (nSPS) is 20.0. The molecule has 0 amide bonds. The minimum Gasteiger partial charge on any atom is -0.370 e. The molecule has 5 rings (SSSR count). The SMILES string of the molecule is Cc1sc2nc(C[NH+]3CCOCC3)nc(N[C@H]3CCCc4ccccc43)c2c1C. The highest BCUT2D eigenvalue weighted by atomic mass is 32.1. The van der Waals surface area contributed by atoms with Gasteiger partial charge in [-0.3, -0.25) is 0 Å². The van der Waals surface area contributed by atoms with Gasteiger partial charge in [-0.2, -0.15) is 0 Å². The second-order valence-corrected chi connectivity index (χ2v) is 9.48. The summed E-state index contributed by atoms with van der Waals surface area (Å²) in [6.45, 7) is 8.98. The lowest BCUT2D eigenvalue weighted by Gasteiger charge is -2.27. The Bertz CT molecular complexity index is 1030. The van der Waals surface area contributed by atoms with Crippen LogP contribution in [0.5, 0.6) is 0 Å². The molecule has 2 N–H and O–H groups in total. The van der Waals surface area contributed by atoms with E-state index in [9.17, 15) is 0 Å². The molecule has 3 aromatic rings. The molecule has 0 bridgehead atoms. The maximum absolute atomic E-state index is 5.51. The molecular formula is C23H29N4OS+. The Hall–Kier alpha value is -2.02. The second kappa shape index (κ2) is 8.01. The minimum atomic E-state index is 0.321. The van der Waals surface area contributed by atoms with Crippen molar-refractivity contribution in [1.29, 1.82) is 0 Å². The topological polar surface area (TPSA) is 51.5 Å². The summed E-state index contributed by atoms with van der Waals surface area (Å²) in [5, 5.41) is 5.04. The van der Waals surface area contributed by atoms with Crippen molar-refractivity contribution >= 4 is 27.4 Å². The van der Waals surface area contributed by atoms with Crippen LogP contribution in [0.2, 0.25) is 0 Å². The molecule has 1 fully saturated rings. The highest BCUT2D eigenvalue weighted by Crippen LogP contribution is 2.37. The lowest BCUT2D eigenvalue weighted by Crippen LogP contribution is -3.12. The maximum atomic E-state index is 5.51. The molecule has 152 valence electrons. The molecule has 2 aliphatic rings. The van der Waals surface area contributed by atoms with Crippen LogP contribution in [-0.2, 0) is 17.7 Å². The summed E-state index contributed by atoms with van der Waals surface area (Å²) >= 11 is 1.79. The number of quaternary nitrogens is 1. The van der Waals surface area contributed by atoms with Crippen molar-refractivity contribution in [2.45, 2.75) is 45.7 Å². The Balaban J connectivity index is 1.51. The summed E-state index contributed by atoms with van der Waals surface area (Å²) in [6.07, 6.45) is 3.54. The average molecular weight is 410 g/mol. The third kappa shape index (κ3) is 3.77. The molecule has 5 nitrogen and oxygen atoms in total. The number of nitrogens with one attached hydrogen (secondary N) is 2. The highest BCUT2D eigenvalue weighted by Gasteiger charge is 2.24. The fourth-order valence-corrected chi connectivity index (χ4v) is 5.65. The van der Waals surface area contributed by atoms with E-state index in [0.717, 1.165) is 55.7 Å². The van der Waals surface area contributed by atoms with E-state index in [4.69, 9.17) is 14.7 Å². The summed E-state index contributed by atoms with van der Waals surface area (Å²) in [4.78, 5) is 14.0. The summed E-state index contributed by atoms with van der Waals surface area (Å²) in [5.74, 6) is 1.96. The van der Waals surface area contributed by atoms with Crippen molar-refractivity contribution < 1.29 is 9.64 Å². The molecule has 1 atom stereocenters. The number of rotatable bonds is 4. The summed E-state index contributed by atoms with van der Waals surface area (Å²) in [7, 11) is 0. The fourth-order valence-electron chi connectivity index (χ4n) is 4.61. The minimum absolute atomic E-state index is 0.321. The summed E-state index contributed by atoms with van der Waals surface area (Å²) in [5.41, 5.74) is 4.20. The number of hydrogen-bond acceptors (Lipinski definition) is 5. The molecule has 29 heavy (non-hydrogen) atoms. The zero-order chi connectivity index (χ0) is 19.8. The van der Waals surface area contributed by atoms with Crippen LogP contribution in [0.4, 0.5) is 5.82 Å². The molecule has 0 unspecified atom stereocenters. The van der Waals surface area contributed by atoms with Gasteiger partial charge in [-0.15, -0.1) is 11.3 Å². The van der Waals surface area contributed by atoms with E-state index in [-0.39, 0.29) is 0 Å². The first-order valence-electron chi connectivity index (χ1n) is 10.7. The van der Waals surface area contributed by atoms with Gasteiger partial charge in [0.05, 0.1) is 24.6 Å². The number of aryl methyl sites for hydroxylation is 3. The molecule has 0 saturated carbocycles. The van der Waals surface area contributed by atoms with Crippen molar-refractivity contribution in [3.8, 4) is 0 Å². The standard InChI is InChI=1S/C23H28N4OS/c1-15-16(2)29-23-21(15)22(25-20(26-23)14-27-10-12-28-13-11-27)24-19-9-5-7-17-6-3-4-8-18(17)19/h3-4,6,8,19H,5,7,9-14H2,1-2H3,(H,24,25,26)/p+1/t19-/m0/s1. The molecule has 1 aliphatic heterocycles. The molecule has 3 heterocycles. The van der Waals surface area contributed by atoms with Gasteiger partial charge in [0, 0.05) is 4.88 Å². The Morgan fingerprint density at radius 2 is 2.00 bits per heavy atom. The van der Waals surface area contributed by atoms with Gasteiger partial charge in [-0.25, -0.2) is 9.97 Å². The number of fused-ring (bicyclic) bond motifs is 2. The fraction of sp³-hybridized carbons (Fsp3) is 0.478. The van der Waals surface area contributed by atoms with Crippen LogP contribution in [0.1, 0.15) is 46.3 Å². The van der Waals surface area contributed by atoms with Crippen LogP contribution < -0.4 is 10.2 Å². The average Bonchev–Trinajstić information content (AvgIpc) is 3.03. The van der Waals surface area contributed by atoms with Crippen LogP contribution in [-0.4, -0.2) is 36.3 Å². The number of nitrogens with zero attached hydrogens (tertiary/aromatic N) is 2. The molecular weight excluding hydrogens is 380 g/mol. The maximum Gasteiger partial charge on any atom is 0.187 e.